The lowest BCUT2D eigenvalue weighted by atomic mass is 10.2. The summed E-state index contributed by atoms with van der Waals surface area (Å²) in [7, 11) is 0. The molecule has 2 N–H and O–H groups in total. The molecular weight excluding hydrogens is 272 g/mol. The number of rotatable bonds is 3. The van der Waals surface area contributed by atoms with E-state index < -0.39 is 4.92 Å². The minimum absolute atomic E-state index is 0.0255. The number of nitro groups is 1. The number of pyridine rings is 2. The third kappa shape index (κ3) is 2.57. The van der Waals surface area contributed by atoms with Crippen molar-refractivity contribution >= 4 is 22.4 Å². The number of fused-ring (bicyclic) bond motifs is 1. The largest absolute Gasteiger partial charge is 0.438 e. The number of ether oxygens (including phenoxy) is 1. The number of nitrogens with zero attached hydrogens (tertiary/aromatic N) is 3. The summed E-state index contributed by atoms with van der Waals surface area (Å²) in [5.74, 6) is 0.601. The standard InChI is InChI=1S/C14H10N4O3/c15-13-7-9(18(19)20)8-14(17-13)21-12-5-1-4-11-10(12)3-2-6-16-11/h1-8H,(H2,15,17). The molecule has 1 aromatic carbocycles. The van der Waals surface area contributed by atoms with Gasteiger partial charge in [0.2, 0.25) is 5.88 Å². The van der Waals surface area contributed by atoms with Gasteiger partial charge in [0.05, 0.1) is 22.6 Å². The zero-order chi connectivity index (χ0) is 14.8. The van der Waals surface area contributed by atoms with Crippen LogP contribution in [-0.4, -0.2) is 14.9 Å². The molecular formula is C14H10N4O3. The molecule has 7 heteroatoms. The van der Waals surface area contributed by atoms with Crippen molar-refractivity contribution in [3.05, 3.63) is 58.8 Å². The molecule has 3 aromatic rings. The van der Waals surface area contributed by atoms with Gasteiger partial charge in [-0.15, -0.1) is 0 Å². The number of aromatic nitrogens is 2. The molecule has 0 radical (unpaired) electrons. The number of benzene rings is 1. The average molecular weight is 282 g/mol. The minimum atomic E-state index is -0.546. The van der Waals surface area contributed by atoms with Gasteiger partial charge in [0, 0.05) is 11.6 Å². The van der Waals surface area contributed by atoms with Crippen LogP contribution < -0.4 is 10.5 Å². The first-order valence-electron chi connectivity index (χ1n) is 6.07. The van der Waals surface area contributed by atoms with Crippen molar-refractivity contribution in [1.82, 2.24) is 9.97 Å². The summed E-state index contributed by atoms with van der Waals surface area (Å²) in [6.45, 7) is 0. The summed E-state index contributed by atoms with van der Waals surface area (Å²) in [6.07, 6.45) is 1.68. The predicted octanol–water partition coefficient (Wildman–Crippen LogP) is 2.91. The molecule has 0 saturated carbocycles. The van der Waals surface area contributed by atoms with Gasteiger partial charge in [0.1, 0.15) is 11.6 Å². The Bertz CT molecular complexity index is 830. The fourth-order valence-corrected chi connectivity index (χ4v) is 1.95. The highest BCUT2D eigenvalue weighted by Gasteiger charge is 2.12. The Kier molecular flexibility index (Phi) is 3.07. The highest BCUT2D eigenvalue weighted by molar-refractivity contribution is 5.85. The fraction of sp³-hybridized carbons (Fsp3) is 0. The van der Waals surface area contributed by atoms with E-state index in [1.165, 1.54) is 12.1 Å². The Labute approximate surface area is 119 Å². The predicted molar refractivity (Wildman–Crippen MR) is 77.1 cm³/mol. The number of nitrogens with two attached hydrogens (primary N) is 1. The highest BCUT2D eigenvalue weighted by atomic mass is 16.6. The number of hydrogen-bond donors (Lipinski definition) is 1. The van der Waals surface area contributed by atoms with Crippen LogP contribution in [-0.2, 0) is 0 Å². The van der Waals surface area contributed by atoms with Crippen LogP contribution in [0.3, 0.4) is 0 Å². The lowest BCUT2D eigenvalue weighted by Crippen LogP contribution is -1.97. The smallest absolute Gasteiger partial charge is 0.278 e. The maximum Gasteiger partial charge on any atom is 0.278 e. The van der Waals surface area contributed by atoms with Crippen LogP contribution in [0.1, 0.15) is 0 Å². The van der Waals surface area contributed by atoms with E-state index in [0.29, 0.717) is 5.75 Å². The van der Waals surface area contributed by atoms with Crippen LogP contribution in [0.5, 0.6) is 11.6 Å². The molecule has 3 rings (SSSR count). The zero-order valence-corrected chi connectivity index (χ0v) is 10.8. The molecule has 0 atom stereocenters. The maximum absolute atomic E-state index is 10.8. The van der Waals surface area contributed by atoms with Gasteiger partial charge in [-0.25, -0.2) is 0 Å². The average Bonchev–Trinajstić information content (AvgIpc) is 2.47. The molecule has 0 bridgehead atoms. The molecule has 0 unspecified atom stereocenters. The Morgan fingerprint density at radius 3 is 2.86 bits per heavy atom. The Hall–Kier alpha value is -3.22. The summed E-state index contributed by atoms with van der Waals surface area (Å²) in [6, 6.07) is 11.4. The van der Waals surface area contributed by atoms with Gasteiger partial charge in [-0.2, -0.15) is 4.98 Å². The topological polar surface area (TPSA) is 104 Å². The van der Waals surface area contributed by atoms with Gasteiger partial charge < -0.3 is 10.5 Å². The van der Waals surface area contributed by atoms with E-state index in [4.69, 9.17) is 10.5 Å². The summed E-state index contributed by atoms with van der Waals surface area (Å²) in [4.78, 5) is 18.4. The molecule has 0 saturated heterocycles. The quantitative estimate of drug-likeness (QED) is 0.585. The van der Waals surface area contributed by atoms with E-state index in [9.17, 15) is 10.1 Å². The number of hydrogen-bond acceptors (Lipinski definition) is 6. The van der Waals surface area contributed by atoms with E-state index in [0.717, 1.165) is 10.9 Å². The van der Waals surface area contributed by atoms with Crippen molar-refractivity contribution in [3.8, 4) is 11.6 Å². The first-order valence-corrected chi connectivity index (χ1v) is 6.07. The maximum atomic E-state index is 10.8. The van der Waals surface area contributed by atoms with Crippen LogP contribution in [0.2, 0.25) is 0 Å². The van der Waals surface area contributed by atoms with Crippen LogP contribution in [0, 0.1) is 10.1 Å². The monoisotopic (exact) mass is 282 g/mol. The zero-order valence-electron chi connectivity index (χ0n) is 10.8. The lowest BCUT2D eigenvalue weighted by Gasteiger charge is -2.08. The summed E-state index contributed by atoms with van der Waals surface area (Å²) < 4.78 is 5.63. The van der Waals surface area contributed by atoms with Crippen LogP contribution in [0.25, 0.3) is 10.9 Å². The van der Waals surface area contributed by atoms with Crippen molar-refractivity contribution < 1.29 is 9.66 Å². The van der Waals surface area contributed by atoms with Gasteiger partial charge in [0.25, 0.3) is 5.69 Å². The second-order valence-corrected chi connectivity index (χ2v) is 4.27. The van der Waals surface area contributed by atoms with E-state index in [2.05, 4.69) is 9.97 Å². The van der Waals surface area contributed by atoms with Crippen molar-refractivity contribution in [2.24, 2.45) is 0 Å². The van der Waals surface area contributed by atoms with E-state index in [1.807, 2.05) is 12.1 Å². The normalized spacial score (nSPS) is 10.5. The summed E-state index contributed by atoms with van der Waals surface area (Å²) >= 11 is 0. The Balaban J connectivity index is 2.05. The van der Waals surface area contributed by atoms with Crippen molar-refractivity contribution in [3.63, 3.8) is 0 Å². The highest BCUT2D eigenvalue weighted by Crippen LogP contribution is 2.30. The van der Waals surface area contributed by atoms with Crippen LogP contribution in [0.15, 0.2) is 48.7 Å². The van der Waals surface area contributed by atoms with E-state index in [-0.39, 0.29) is 17.4 Å². The number of nitrogen functional groups attached to an aromatic ring is 1. The van der Waals surface area contributed by atoms with Crippen molar-refractivity contribution in [1.29, 1.82) is 0 Å². The molecule has 2 aromatic heterocycles. The van der Waals surface area contributed by atoms with E-state index in [1.54, 1.807) is 24.4 Å². The first-order chi connectivity index (χ1) is 10.1. The molecule has 21 heavy (non-hydrogen) atoms. The Morgan fingerprint density at radius 2 is 2.05 bits per heavy atom. The summed E-state index contributed by atoms with van der Waals surface area (Å²) in [5, 5.41) is 11.6. The van der Waals surface area contributed by atoms with Crippen molar-refractivity contribution in [2.45, 2.75) is 0 Å². The molecule has 0 amide bonds. The van der Waals surface area contributed by atoms with Crippen LogP contribution in [0.4, 0.5) is 11.5 Å². The molecule has 2 heterocycles. The molecule has 0 aliphatic carbocycles. The third-order valence-corrected chi connectivity index (χ3v) is 2.84. The van der Waals surface area contributed by atoms with Gasteiger partial charge in [-0.1, -0.05) is 6.07 Å². The van der Waals surface area contributed by atoms with Gasteiger partial charge >= 0.3 is 0 Å². The SMILES string of the molecule is Nc1cc([N+](=O)[O-])cc(Oc2cccc3ncccc23)n1. The minimum Gasteiger partial charge on any atom is -0.438 e. The van der Waals surface area contributed by atoms with Crippen LogP contribution >= 0.6 is 0 Å². The Morgan fingerprint density at radius 1 is 1.19 bits per heavy atom. The molecule has 104 valence electrons. The van der Waals surface area contributed by atoms with Gasteiger partial charge in [-0.05, 0) is 24.3 Å². The molecule has 0 aliphatic rings. The second kappa shape index (κ2) is 5.04. The lowest BCUT2D eigenvalue weighted by molar-refractivity contribution is -0.384. The fourth-order valence-electron chi connectivity index (χ4n) is 1.95. The third-order valence-electron chi connectivity index (χ3n) is 2.84. The van der Waals surface area contributed by atoms with E-state index >= 15 is 0 Å². The molecule has 0 spiro atoms. The number of anilines is 1. The second-order valence-electron chi connectivity index (χ2n) is 4.27. The van der Waals surface area contributed by atoms with Gasteiger partial charge in [-0.3, -0.25) is 15.1 Å². The molecule has 7 nitrogen and oxygen atoms in total. The molecule has 0 aliphatic heterocycles. The van der Waals surface area contributed by atoms with Crippen molar-refractivity contribution in [2.75, 3.05) is 5.73 Å². The van der Waals surface area contributed by atoms with Gasteiger partial charge in [0.15, 0.2) is 0 Å². The first kappa shape index (κ1) is 12.8. The summed E-state index contributed by atoms with van der Waals surface area (Å²) in [5.41, 5.74) is 6.14. The molecule has 0 fully saturated rings.